The molecule has 6 heteroatoms. The van der Waals surface area contributed by atoms with Gasteiger partial charge in [0.25, 0.3) is 0 Å². The fraction of sp³-hybridized carbons (Fsp3) is 0.400. The number of ether oxygens (including phenoxy) is 1. The molecule has 114 valence electrons. The normalized spacial score (nSPS) is 12.8. The Kier molecular flexibility index (Phi) is 5.76. The fourth-order valence-electron chi connectivity index (χ4n) is 2.08. The second-order valence-electron chi connectivity index (χ2n) is 4.99. The topological polar surface area (TPSA) is 58.7 Å². The molecule has 0 aliphatic carbocycles. The maximum absolute atomic E-state index is 9.68. The van der Waals surface area contributed by atoms with Crippen LogP contribution in [0, 0.1) is 0 Å². The van der Waals surface area contributed by atoms with Gasteiger partial charge in [-0.1, -0.05) is 28.9 Å². The van der Waals surface area contributed by atoms with Crippen LogP contribution in [-0.2, 0) is 11.3 Å². The summed E-state index contributed by atoms with van der Waals surface area (Å²) < 4.78 is 10.2. The molecule has 5 nitrogen and oxygen atoms in total. The summed E-state index contributed by atoms with van der Waals surface area (Å²) >= 11 is 5.86. The largest absolute Gasteiger partial charge is 0.389 e. The number of aromatic nitrogens is 1. The lowest BCUT2D eigenvalue weighted by Crippen LogP contribution is -2.31. The number of nitrogens with zero attached hydrogens (tertiary/aromatic N) is 2. The van der Waals surface area contributed by atoms with E-state index in [1.807, 2.05) is 42.3 Å². The molecule has 2 rings (SSSR count). The first kappa shape index (κ1) is 16.0. The van der Waals surface area contributed by atoms with Crippen molar-refractivity contribution in [3.05, 3.63) is 41.1 Å². The molecule has 0 amide bonds. The molecule has 0 saturated carbocycles. The maximum atomic E-state index is 9.68. The molecule has 0 fully saturated rings. The third kappa shape index (κ3) is 4.82. The molecule has 1 aromatic heterocycles. The Labute approximate surface area is 129 Å². The fourth-order valence-corrected chi connectivity index (χ4v) is 2.21. The van der Waals surface area contributed by atoms with E-state index >= 15 is 0 Å². The van der Waals surface area contributed by atoms with Crippen LogP contribution in [0.1, 0.15) is 5.76 Å². The lowest BCUT2D eigenvalue weighted by Gasteiger charge is -2.18. The van der Waals surface area contributed by atoms with E-state index in [4.69, 9.17) is 20.9 Å². The van der Waals surface area contributed by atoms with Crippen LogP contribution in [0.5, 0.6) is 0 Å². The van der Waals surface area contributed by atoms with Crippen molar-refractivity contribution in [2.45, 2.75) is 12.6 Å². The second kappa shape index (κ2) is 7.56. The molecular weight excluding hydrogens is 292 g/mol. The Bertz CT molecular complexity index is 556. The summed E-state index contributed by atoms with van der Waals surface area (Å²) in [5.41, 5.74) is 1.73. The van der Waals surface area contributed by atoms with Crippen LogP contribution in [-0.4, -0.2) is 48.6 Å². The molecule has 0 radical (unpaired) electrons. The first-order valence-electron chi connectivity index (χ1n) is 6.65. The number of halogens is 1. The van der Waals surface area contributed by atoms with E-state index in [9.17, 15) is 5.11 Å². The molecule has 0 saturated heterocycles. The summed E-state index contributed by atoms with van der Waals surface area (Å²) in [5.74, 6) is 0.743. The van der Waals surface area contributed by atoms with Gasteiger partial charge >= 0.3 is 0 Å². The van der Waals surface area contributed by atoms with Gasteiger partial charge in [0.15, 0.2) is 5.76 Å². The summed E-state index contributed by atoms with van der Waals surface area (Å²) in [6, 6.07) is 9.32. The van der Waals surface area contributed by atoms with Crippen molar-refractivity contribution in [3.63, 3.8) is 0 Å². The Balaban J connectivity index is 1.95. The van der Waals surface area contributed by atoms with Crippen LogP contribution >= 0.6 is 11.6 Å². The van der Waals surface area contributed by atoms with Gasteiger partial charge in [-0.05, 0) is 19.2 Å². The minimum absolute atomic E-state index is 0.316. The van der Waals surface area contributed by atoms with Crippen molar-refractivity contribution >= 4 is 11.6 Å². The van der Waals surface area contributed by atoms with E-state index in [-0.39, 0.29) is 0 Å². The van der Waals surface area contributed by atoms with Gasteiger partial charge in [0.2, 0.25) is 0 Å². The molecule has 21 heavy (non-hydrogen) atoms. The van der Waals surface area contributed by atoms with Gasteiger partial charge in [-0.15, -0.1) is 0 Å². The van der Waals surface area contributed by atoms with Crippen LogP contribution < -0.4 is 0 Å². The maximum Gasteiger partial charge on any atom is 0.151 e. The van der Waals surface area contributed by atoms with Crippen molar-refractivity contribution in [1.29, 1.82) is 0 Å². The Morgan fingerprint density at radius 3 is 2.76 bits per heavy atom. The Morgan fingerprint density at radius 1 is 1.38 bits per heavy atom. The van der Waals surface area contributed by atoms with Crippen LogP contribution in [0.25, 0.3) is 11.3 Å². The van der Waals surface area contributed by atoms with E-state index in [1.54, 1.807) is 7.11 Å². The third-order valence-corrected chi connectivity index (χ3v) is 3.26. The van der Waals surface area contributed by atoms with Crippen molar-refractivity contribution in [2.75, 3.05) is 27.3 Å². The average molecular weight is 311 g/mol. The molecule has 1 heterocycles. The molecule has 0 aliphatic heterocycles. The third-order valence-electron chi connectivity index (χ3n) is 3.01. The average Bonchev–Trinajstić information content (AvgIpc) is 2.88. The molecule has 1 aromatic carbocycles. The monoisotopic (exact) mass is 310 g/mol. The van der Waals surface area contributed by atoms with Crippen molar-refractivity contribution in [2.24, 2.45) is 0 Å². The zero-order chi connectivity index (χ0) is 15.2. The zero-order valence-electron chi connectivity index (χ0n) is 12.1. The number of likely N-dealkylation sites (N-methyl/N-ethyl adjacent to an activating group) is 1. The van der Waals surface area contributed by atoms with Crippen LogP contribution in [0.3, 0.4) is 0 Å². The molecule has 1 N–H and O–H groups in total. The summed E-state index contributed by atoms with van der Waals surface area (Å²) in [7, 11) is 3.47. The molecule has 0 aliphatic rings. The highest BCUT2D eigenvalue weighted by Crippen LogP contribution is 2.21. The molecule has 0 spiro atoms. The lowest BCUT2D eigenvalue weighted by atomic mass is 10.1. The number of benzene rings is 1. The molecule has 0 bridgehead atoms. The van der Waals surface area contributed by atoms with Gasteiger partial charge in [-0.2, -0.15) is 0 Å². The number of aliphatic hydroxyl groups excluding tert-OH is 1. The van der Waals surface area contributed by atoms with Gasteiger partial charge in [-0.25, -0.2) is 0 Å². The van der Waals surface area contributed by atoms with E-state index in [0.29, 0.717) is 24.7 Å². The van der Waals surface area contributed by atoms with E-state index in [1.165, 1.54) is 0 Å². The van der Waals surface area contributed by atoms with Gasteiger partial charge < -0.3 is 14.4 Å². The first-order chi connectivity index (χ1) is 10.1. The smallest absolute Gasteiger partial charge is 0.151 e. The van der Waals surface area contributed by atoms with E-state index < -0.39 is 6.10 Å². The Morgan fingerprint density at radius 2 is 2.10 bits per heavy atom. The van der Waals surface area contributed by atoms with Crippen LogP contribution in [0.4, 0.5) is 0 Å². The van der Waals surface area contributed by atoms with E-state index in [0.717, 1.165) is 17.0 Å². The minimum Gasteiger partial charge on any atom is -0.389 e. The van der Waals surface area contributed by atoms with Crippen molar-refractivity contribution in [3.8, 4) is 11.3 Å². The van der Waals surface area contributed by atoms with Crippen molar-refractivity contribution < 1.29 is 14.4 Å². The van der Waals surface area contributed by atoms with Crippen molar-refractivity contribution in [1.82, 2.24) is 10.1 Å². The molecule has 1 atom stereocenters. The summed E-state index contributed by atoms with van der Waals surface area (Å²) in [6.07, 6.45) is -0.515. The standard InChI is InChI=1S/C15H19ClN2O3/c1-18(8-13(19)10-20-2)9-14-7-15(17-21-14)11-3-5-12(16)6-4-11/h3-7,13,19H,8-10H2,1-2H3. The highest BCUT2D eigenvalue weighted by molar-refractivity contribution is 6.30. The van der Waals surface area contributed by atoms with Gasteiger partial charge in [0, 0.05) is 30.3 Å². The SMILES string of the molecule is COCC(O)CN(C)Cc1cc(-c2ccc(Cl)cc2)no1. The highest BCUT2D eigenvalue weighted by Gasteiger charge is 2.12. The predicted molar refractivity (Wildman–Crippen MR) is 81.2 cm³/mol. The second-order valence-corrected chi connectivity index (χ2v) is 5.43. The number of methoxy groups -OCH3 is 1. The quantitative estimate of drug-likeness (QED) is 0.851. The van der Waals surface area contributed by atoms with E-state index in [2.05, 4.69) is 5.16 Å². The number of rotatable bonds is 7. The van der Waals surface area contributed by atoms with Crippen LogP contribution in [0.15, 0.2) is 34.9 Å². The first-order valence-corrected chi connectivity index (χ1v) is 7.03. The predicted octanol–water partition coefficient (Wildman–Crippen LogP) is 2.43. The van der Waals surface area contributed by atoms with Gasteiger partial charge in [-0.3, -0.25) is 4.90 Å². The molecular formula is C15H19ClN2O3. The summed E-state index contributed by atoms with van der Waals surface area (Å²) in [5, 5.41) is 14.4. The number of aliphatic hydroxyl groups is 1. The molecule has 1 unspecified atom stereocenters. The highest BCUT2D eigenvalue weighted by atomic mass is 35.5. The Hall–Kier alpha value is -1.40. The molecule has 2 aromatic rings. The zero-order valence-corrected chi connectivity index (χ0v) is 12.9. The minimum atomic E-state index is -0.515. The number of hydrogen-bond acceptors (Lipinski definition) is 5. The van der Waals surface area contributed by atoms with Gasteiger partial charge in [0.05, 0.1) is 19.3 Å². The summed E-state index contributed by atoms with van der Waals surface area (Å²) in [4.78, 5) is 1.95. The number of hydrogen-bond donors (Lipinski definition) is 1. The lowest BCUT2D eigenvalue weighted by molar-refractivity contribution is 0.0403. The van der Waals surface area contributed by atoms with Crippen LogP contribution in [0.2, 0.25) is 5.02 Å². The summed E-state index contributed by atoms with van der Waals surface area (Å²) in [6.45, 7) is 1.39. The van der Waals surface area contributed by atoms with Gasteiger partial charge in [0.1, 0.15) is 5.69 Å².